The molecule has 2 aliphatic rings. The lowest BCUT2D eigenvalue weighted by atomic mass is 10.0. The number of rotatable bonds is 4. The summed E-state index contributed by atoms with van der Waals surface area (Å²) in [4.78, 5) is 11.3. The van der Waals surface area contributed by atoms with Gasteiger partial charge in [0.2, 0.25) is 5.91 Å². The molecule has 19 heavy (non-hydrogen) atoms. The summed E-state index contributed by atoms with van der Waals surface area (Å²) in [7, 11) is 1.30. The molecule has 0 saturated carbocycles. The van der Waals surface area contributed by atoms with Crippen LogP contribution in [0.5, 0.6) is 0 Å². The first-order valence-corrected chi connectivity index (χ1v) is 7.78. The van der Waals surface area contributed by atoms with E-state index in [2.05, 4.69) is 5.32 Å². The van der Waals surface area contributed by atoms with E-state index in [0.29, 0.717) is 19.5 Å². The van der Waals surface area contributed by atoms with E-state index in [1.165, 1.54) is 22.7 Å². The quantitative estimate of drug-likeness (QED) is 0.722. The molecule has 3 atom stereocenters. The maximum absolute atomic E-state index is 12.0. The molecule has 2 rings (SSSR count). The van der Waals surface area contributed by atoms with Crippen LogP contribution >= 0.6 is 0 Å². The van der Waals surface area contributed by atoms with Gasteiger partial charge >= 0.3 is 0 Å². The monoisotopic (exact) mass is 291 g/mol. The molecule has 1 N–H and O–H groups in total. The zero-order chi connectivity index (χ0) is 14.2. The fourth-order valence-electron chi connectivity index (χ4n) is 2.68. The minimum absolute atomic E-state index is 0.0391. The standard InChI is InChI=1S/C11H21N3O4S/c1-12-11(15)5-9-4-8-6-14(7-10(8)18-9)19(16,17)13(2)3/h8-10H,4-7H2,1-3H3,(H,12,15)/t8-,9+,10+/m0/s1. The van der Waals surface area contributed by atoms with E-state index in [-0.39, 0.29) is 24.0 Å². The summed E-state index contributed by atoms with van der Waals surface area (Å²) in [6.45, 7) is 0.866. The van der Waals surface area contributed by atoms with Gasteiger partial charge < -0.3 is 10.1 Å². The summed E-state index contributed by atoms with van der Waals surface area (Å²) in [6.07, 6.45) is 0.935. The van der Waals surface area contributed by atoms with E-state index in [0.717, 1.165) is 6.42 Å². The van der Waals surface area contributed by atoms with Crippen LogP contribution in [-0.2, 0) is 19.7 Å². The zero-order valence-corrected chi connectivity index (χ0v) is 12.3. The van der Waals surface area contributed by atoms with E-state index in [1.807, 2.05) is 0 Å². The molecule has 2 saturated heterocycles. The number of carbonyl (C=O) groups excluding carboxylic acids is 1. The Labute approximate surface area is 114 Å². The maximum atomic E-state index is 12.0. The van der Waals surface area contributed by atoms with Gasteiger partial charge in [-0.2, -0.15) is 17.0 Å². The van der Waals surface area contributed by atoms with Crippen LogP contribution in [0.1, 0.15) is 12.8 Å². The molecule has 0 aromatic heterocycles. The van der Waals surface area contributed by atoms with Crippen LogP contribution in [-0.4, -0.2) is 69.4 Å². The van der Waals surface area contributed by atoms with Crippen molar-refractivity contribution in [1.29, 1.82) is 0 Å². The molecule has 0 aliphatic carbocycles. The molecule has 2 heterocycles. The van der Waals surface area contributed by atoms with Crippen LogP contribution in [0.2, 0.25) is 0 Å². The third kappa shape index (κ3) is 2.91. The highest BCUT2D eigenvalue weighted by Gasteiger charge is 2.46. The van der Waals surface area contributed by atoms with E-state index >= 15 is 0 Å². The molecule has 7 nitrogen and oxygen atoms in total. The number of nitrogens with one attached hydrogen (secondary N) is 1. The first-order chi connectivity index (χ1) is 8.84. The molecule has 110 valence electrons. The number of carbonyl (C=O) groups is 1. The summed E-state index contributed by atoms with van der Waals surface area (Å²) < 4.78 is 32.5. The van der Waals surface area contributed by atoms with Crippen molar-refractivity contribution in [2.45, 2.75) is 25.0 Å². The summed E-state index contributed by atoms with van der Waals surface area (Å²) in [5.41, 5.74) is 0. The van der Waals surface area contributed by atoms with Crippen LogP contribution < -0.4 is 5.32 Å². The van der Waals surface area contributed by atoms with E-state index in [1.54, 1.807) is 7.05 Å². The van der Waals surface area contributed by atoms with Crippen molar-refractivity contribution in [3.63, 3.8) is 0 Å². The predicted octanol–water partition coefficient (Wildman–Crippen LogP) is -0.982. The highest BCUT2D eigenvalue weighted by molar-refractivity contribution is 7.86. The van der Waals surface area contributed by atoms with Gasteiger partial charge in [0.15, 0.2) is 0 Å². The van der Waals surface area contributed by atoms with Gasteiger partial charge in [0.1, 0.15) is 0 Å². The molecule has 0 radical (unpaired) electrons. The van der Waals surface area contributed by atoms with Crippen LogP contribution in [0.4, 0.5) is 0 Å². The average Bonchev–Trinajstić information content (AvgIpc) is 2.86. The van der Waals surface area contributed by atoms with Gasteiger partial charge in [-0.05, 0) is 6.42 Å². The molecule has 8 heteroatoms. The fourth-order valence-corrected chi connectivity index (χ4v) is 3.86. The Morgan fingerprint density at radius 3 is 2.63 bits per heavy atom. The number of hydrogen-bond acceptors (Lipinski definition) is 4. The Balaban J connectivity index is 1.92. The predicted molar refractivity (Wildman–Crippen MR) is 69.6 cm³/mol. The van der Waals surface area contributed by atoms with Crippen LogP contribution in [0, 0.1) is 5.92 Å². The smallest absolute Gasteiger partial charge is 0.281 e. The Kier molecular flexibility index (Phi) is 4.14. The number of hydrogen-bond donors (Lipinski definition) is 1. The van der Waals surface area contributed by atoms with Crippen molar-refractivity contribution in [1.82, 2.24) is 13.9 Å². The maximum Gasteiger partial charge on any atom is 0.281 e. The lowest BCUT2D eigenvalue weighted by Gasteiger charge is -2.22. The van der Waals surface area contributed by atoms with Crippen LogP contribution in [0.3, 0.4) is 0 Å². The van der Waals surface area contributed by atoms with E-state index in [9.17, 15) is 13.2 Å². The van der Waals surface area contributed by atoms with Crippen molar-refractivity contribution < 1.29 is 17.9 Å². The summed E-state index contributed by atoms with van der Waals surface area (Å²) in [5, 5.41) is 2.57. The normalized spacial score (nSPS) is 31.7. The first kappa shape index (κ1) is 14.7. The van der Waals surface area contributed by atoms with Crippen LogP contribution in [0.25, 0.3) is 0 Å². The lowest BCUT2D eigenvalue weighted by molar-refractivity contribution is -0.123. The van der Waals surface area contributed by atoms with Gasteiger partial charge in [-0.15, -0.1) is 0 Å². The minimum Gasteiger partial charge on any atom is -0.373 e. The summed E-state index contributed by atoms with van der Waals surface area (Å²) >= 11 is 0. The topological polar surface area (TPSA) is 79.0 Å². The van der Waals surface area contributed by atoms with Gasteiger partial charge in [0, 0.05) is 40.2 Å². The highest BCUT2D eigenvalue weighted by atomic mass is 32.2. The van der Waals surface area contributed by atoms with Crippen molar-refractivity contribution >= 4 is 16.1 Å². The van der Waals surface area contributed by atoms with Gasteiger partial charge in [-0.25, -0.2) is 0 Å². The van der Waals surface area contributed by atoms with Crippen LogP contribution in [0.15, 0.2) is 0 Å². The molecule has 1 amide bonds. The Hall–Kier alpha value is -0.700. The van der Waals surface area contributed by atoms with Gasteiger partial charge in [-0.1, -0.05) is 0 Å². The molecular formula is C11H21N3O4S. The third-order valence-electron chi connectivity index (χ3n) is 3.76. The summed E-state index contributed by atoms with van der Waals surface area (Å²) in [5.74, 6) is 0.159. The van der Waals surface area contributed by atoms with Crippen molar-refractivity contribution in [2.24, 2.45) is 5.92 Å². The fraction of sp³-hybridized carbons (Fsp3) is 0.909. The number of amides is 1. The van der Waals surface area contributed by atoms with E-state index < -0.39 is 10.2 Å². The number of fused-ring (bicyclic) bond motifs is 1. The lowest BCUT2D eigenvalue weighted by Crippen LogP contribution is -2.40. The van der Waals surface area contributed by atoms with Gasteiger partial charge in [0.05, 0.1) is 18.6 Å². The third-order valence-corrected chi connectivity index (χ3v) is 5.63. The molecule has 0 aromatic rings. The Morgan fingerprint density at radius 1 is 1.42 bits per heavy atom. The molecule has 2 aliphatic heterocycles. The second-order valence-corrected chi connectivity index (χ2v) is 7.42. The Bertz CT molecular complexity index is 437. The minimum atomic E-state index is -3.36. The SMILES string of the molecule is CNC(=O)C[C@H]1C[C@H]2CN(S(=O)(=O)N(C)C)C[C@H]2O1. The molecule has 0 spiro atoms. The highest BCUT2D eigenvalue weighted by Crippen LogP contribution is 2.35. The van der Waals surface area contributed by atoms with E-state index in [4.69, 9.17) is 4.74 Å². The molecule has 2 fully saturated rings. The zero-order valence-electron chi connectivity index (χ0n) is 11.5. The number of ether oxygens (including phenoxy) is 1. The Morgan fingerprint density at radius 2 is 2.11 bits per heavy atom. The van der Waals surface area contributed by atoms with Gasteiger partial charge in [-0.3, -0.25) is 4.79 Å². The van der Waals surface area contributed by atoms with Gasteiger partial charge in [0.25, 0.3) is 10.2 Å². The number of nitrogens with zero attached hydrogens (tertiary/aromatic N) is 2. The second kappa shape index (κ2) is 5.35. The largest absolute Gasteiger partial charge is 0.373 e. The molecular weight excluding hydrogens is 270 g/mol. The molecule has 0 unspecified atom stereocenters. The molecule has 0 aromatic carbocycles. The molecule has 0 bridgehead atoms. The average molecular weight is 291 g/mol. The van der Waals surface area contributed by atoms with Crippen molar-refractivity contribution in [2.75, 3.05) is 34.2 Å². The second-order valence-electron chi connectivity index (χ2n) is 5.28. The van der Waals surface area contributed by atoms with Crippen molar-refractivity contribution in [3.8, 4) is 0 Å². The van der Waals surface area contributed by atoms with Crippen molar-refractivity contribution in [3.05, 3.63) is 0 Å². The first-order valence-electron chi connectivity index (χ1n) is 6.38. The summed E-state index contributed by atoms with van der Waals surface area (Å²) in [6, 6.07) is 0.